The van der Waals surface area contributed by atoms with Crippen LogP contribution in [0.15, 0.2) is 65.8 Å². The van der Waals surface area contributed by atoms with E-state index in [2.05, 4.69) is 38.8 Å². The van der Waals surface area contributed by atoms with Crippen LogP contribution in [0.2, 0.25) is 5.02 Å². The summed E-state index contributed by atoms with van der Waals surface area (Å²) in [5.74, 6) is 0.748. The summed E-state index contributed by atoms with van der Waals surface area (Å²) in [7, 11) is 1.76. The van der Waals surface area contributed by atoms with Crippen molar-refractivity contribution in [2.24, 2.45) is 4.99 Å². The van der Waals surface area contributed by atoms with Crippen LogP contribution in [0.1, 0.15) is 11.1 Å². The molecule has 0 fully saturated rings. The van der Waals surface area contributed by atoms with Crippen molar-refractivity contribution in [3.05, 3.63) is 76.9 Å². The Bertz CT molecular complexity index is 844. The minimum Gasteiger partial charge on any atom is -0.352 e. The fourth-order valence-corrected chi connectivity index (χ4v) is 2.62. The molecule has 0 bridgehead atoms. The first-order valence-electron chi connectivity index (χ1n) is 7.78. The fraction of sp³-hybridized carbons (Fsp3) is 0.158. The van der Waals surface area contributed by atoms with Crippen LogP contribution in [0, 0.1) is 0 Å². The Balaban J connectivity index is 0.00000225. The minimum atomic E-state index is 0. The van der Waals surface area contributed by atoms with Crippen LogP contribution in [0.3, 0.4) is 0 Å². The van der Waals surface area contributed by atoms with Gasteiger partial charge in [0.15, 0.2) is 5.96 Å². The third-order valence-electron chi connectivity index (χ3n) is 3.76. The second-order valence-corrected chi connectivity index (χ2v) is 5.83. The summed E-state index contributed by atoms with van der Waals surface area (Å²) in [6.07, 6.45) is 1.82. The van der Waals surface area contributed by atoms with Gasteiger partial charge in [-0.25, -0.2) is 0 Å². The maximum absolute atomic E-state index is 5.90. The van der Waals surface area contributed by atoms with Gasteiger partial charge in [-0.15, -0.1) is 24.0 Å². The molecule has 0 aliphatic heterocycles. The van der Waals surface area contributed by atoms with Crippen LogP contribution in [-0.2, 0) is 13.1 Å². The molecule has 0 aliphatic rings. The number of aliphatic imine (C=N–C) groups is 1. The number of aromatic nitrogens is 1. The van der Waals surface area contributed by atoms with Crippen LogP contribution >= 0.6 is 35.6 Å². The fourth-order valence-electron chi connectivity index (χ4n) is 2.50. The number of benzene rings is 2. The van der Waals surface area contributed by atoms with E-state index in [1.165, 1.54) is 0 Å². The number of pyridine rings is 1. The van der Waals surface area contributed by atoms with Gasteiger partial charge in [0.25, 0.3) is 0 Å². The Morgan fingerprint density at radius 1 is 1.00 bits per heavy atom. The number of hydrogen-bond acceptors (Lipinski definition) is 2. The number of para-hydroxylation sites is 1. The van der Waals surface area contributed by atoms with Crippen LogP contribution in [0.5, 0.6) is 0 Å². The highest BCUT2D eigenvalue weighted by Crippen LogP contribution is 2.15. The Hall–Kier alpha value is -1.86. The zero-order valence-corrected chi connectivity index (χ0v) is 17.0. The summed E-state index contributed by atoms with van der Waals surface area (Å²) < 4.78 is 0. The predicted octanol–water partition coefficient (Wildman–Crippen LogP) is 4.37. The van der Waals surface area contributed by atoms with Crippen molar-refractivity contribution in [2.75, 3.05) is 7.05 Å². The third kappa shape index (κ3) is 5.31. The first kappa shape index (κ1) is 19.5. The van der Waals surface area contributed by atoms with Crippen LogP contribution in [0.4, 0.5) is 0 Å². The zero-order chi connectivity index (χ0) is 16.8. The van der Waals surface area contributed by atoms with Crippen LogP contribution in [0.25, 0.3) is 10.9 Å². The van der Waals surface area contributed by atoms with Gasteiger partial charge in [-0.2, -0.15) is 0 Å². The molecule has 0 saturated heterocycles. The summed E-state index contributed by atoms with van der Waals surface area (Å²) in [5, 5.41) is 8.51. The number of rotatable bonds is 4. The van der Waals surface area contributed by atoms with E-state index in [1.54, 1.807) is 7.05 Å². The quantitative estimate of drug-likeness (QED) is 0.341. The van der Waals surface area contributed by atoms with Gasteiger partial charge in [-0.3, -0.25) is 9.98 Å². The molecule has 1 heterocycles. The Labute approximate surface area is 169 Å². The standard InChI is InChI=1S/C19H19ClN4.HI/c1-21-19(23-12-14-7-9-17(20)10-8-14)24-13-16-5-2-4-15-6-3-11-22-18(15)16;/h2-11H,12-13H2,1H3,(H2,21,23,24);1H. The molecule has 0 atom stereocenters. The number of nitrogens with zero attached hydrogens (tertiary/aromatic N) is 2. The lowest BCUT2D eigenvalue weighted by Gasteiger charge is -2.13. The summed E-state index contributed by atoms with van der Waals surface area (Å²) in [5.41, 5.74) is 3.30. The van der Waals surface area contributed by atoms with Gasteiger partial charge in [0.1, 0.15) is 0 Å². The number of hydrogen-bond donors (Lipinski definition) is 2. The van der Waals surface area contributed by atoms with Gasteiger partial charge in [0, 0.05) is 36.7 Å². The molecule has 6 heteroatoms. The van der Waals surface area contributed by atoms with E-state index in [0.29, 0.717) is 13.1 Å². The van der Waals surface area contributed by atoms with E-state index in [0.717, 1.165) is 33.0 Å². The average Bonchev–Trinajstić information content (AvgIpc) is 2.63. The van der Waals surface area contributed by atoms with Crippen LogP contribution < -0.4 is 10.6 Å². The number of fused-ring (bicyclic) bond motifs is 1. The molecule has 2 aromatic carbocycles. The third-order valence-corrected chi connectivity index (χ3v) is 4.01. The molecule has 0 radical (unpaired) electrons. The van der Waals surface area contributed by atoms with Crippen molar-refractivity contribution in [1.82, 2.24) is 15.6 Å². The molecule has 4 nitrogen and oxygen atoms in total. The highest BCUT2D eigenvalue weighted by molar-refractivity contribution is 14.0. The zero-order valence-electron chi connectivity index (χ0n) is 13.9. The Kier molecular flexibility index (Phi) is 7.46. The summed E-state index contributed by atoms with van der Waals surface area (Å²) in [4.78, 5) is 8.74. The molecule has 130 valence electrons. The molecule has 0 amide bonds. The van der Waals surface area contributed by atoms with E-state index in [9.17, 15) is 0 Å². The molecule has 0 unspecified atom stereocenters. The summed E-state index contributed by atoms with van der Waals surface area (Å²) in [6, 6.07) is 18.0. The van der Waals surface area contributed by atoms with Crippen LogP contribution in [-0.4, -0.2) is 18.0 Å². The monoisotopic (exact) mass is 466 g/mol. The molecule has 0 saturated carbocycles. The van der Waals surface area contributed by atoms with Gasteiger partial charge in [0.2, 0.25) is 0 Å². The molecular weight excluding hydrogens is 447 g/mol. The molecule has 1 aromatic heterocycles. The maximum Gasteiger partial charge on any atom is 0.191 e. The van der Waals surface area contributed by atoms with Crippen molar-refractivity contribution in [3.63, 3.8) is 0 Å². The van der Waals surface area contributed by atoms with Gasteiger partial charge in [0.05, 0.1) is 5.52 Å². The van der Waals surface area contributed by atoms with Crippen molar-refractivity contribution in [3.8, 4) is 0 Å². The van der Waals surface area contributed by atoms with E-state index in [4.69, 9.17) is 11.6 Å². The highest BCUT2D eigenvalue weighted by atomic mass is 127. The molecule has 2 N–H and O–H groups in total. The highest BCUT2D eigenvalue weighted by Gasteiger charge is 2.03. The summed E-state index contributed by atoms with van der Waals surface area (Å²) in [6.45, 7) is 1.35. The van der Waals surface area contributed by atoms with E-state index < -0.39 is 0 Å². The van der Waals surface area contributed by atoms with Crippen molar-refractivity contribution >= 4 is 52.4 Å². The van der Waals surface area contributed by atoms with Crippen molar-refractivity contribution < 1.29 is 0 Å². The molecule has 3 aromatic rings. The topological polar surface area (TPSA) is 49.3 Å². The molecule has 25 heavy (non-hydrogen) atoms. The molecular formula is C19H20ClIN4. The first-order chi connectivity index (χ1) is 11.8. The Morgan fingerprint density at radius 3 is 2.48 bits per heavy atom. The smallest absolute Gasteiger partial charge is 0.191 e. The predicted molar refractivity (Wildman–Crippen MR) is 116 cm³/mol. The van der Waals surface area contributed by atoms with E-state index in [-0.39, 0.29) is 24.0 Å². The lowest BCUT2D eigenvalue weighted by Crippen LogP contribution is -2.36. The van der Waals surface area contributed by atoms with E-state index in [1.807, 2.05) is 42.6 Å². The minimum absolute atomic E-state index is 0. The summed E-state index contributed by atoms with van der Waals surface area (Å²) >= 11 is 5.90. The number of halogens is 2. The SMILES string of the molecule is CN=C(NCc1ccc(Cl)cc1)NCc1cccc2cccnc12.I. The van der Waals surface area contributed by atoms with Gasteiger partial charge in [-0.05, 0) is 29.3 Å². The lowest BCUT2D eigenvalue weighted by atomic mass is 10.1. The largest absolute Gasteiger partial charge is 0.352 e. The number of guanidine groups is 1. The van der Waals surface area contributed by atoms with Gasteiger partial charge in [-0.1, -0.05) is 48.0 Å². The second kappa shape index (κ2) is 9.58. The van der Waals surface area contributed by atoms with Gasteiger partial charge >= 0.3 is 0 Å². The molecule has 0 aliphatic carbocycles. The second-order valence-electron chi connectivity index (χ2n) is 5.40. The first-order valence-corrected chi connectivity index (χ1v) is 8.15. The molecule has 0 spiro atoms. The maximum atomic E-state index is 5.90. The van der Waals surface area contributed by atoms with Crippen molar-refractivity contribution in [2.45, 2.75) is 13.1 Å². The molecule has 3 rings (SSSR count). The van der Waals surface area contributed by atoms with Gasteiger partial charge < -0.3 is 10.6 Å². The normalized spacial score (nSPS) is 11.0. The lowest BCUT2D eigenvalue weighted by molar-refractivity contribution is 0.811. The van der Waals surface area contributed by atoms with E-state index >= 15 is 0 Å². The Morgan fingerprint density at radius 2 is 1.72 bits per heavy atom. The average molecular weight is 467 g/mol. The van der Waals surface area contributed by atoms with Crippen molar-refractivity contribution in [1.29, 1.82) is 0 Å². The number of nitrogens with one attached hydrogen (secondary N) is 2.